The lowest BCUT2D eigenvalue weighted by atomic mass is 9.97. The third kappa shape index (κ3) is 2.02. The molecule has 0 bridgehead atoms. The smallest absolute Gasteiger partial charge is 0.246 e. The van der Waals surface area contributed by atoms with Gasteiger partial charge in [0.1, 0.15) is 12.6 Å². The highest BCUT2D eigenvalue weighted by molar-refractivity contribution is 5.95. The summed E-state index contributed by atoms with van der Waals surface area (Å²) in [5.74, 6) is 2.68. The highest BCUT2D eigenvalue weighted by Crippen LogP contribution is 2.24. The van der Waals surface area contributed by atoms with Crippen molar-refractivity contribution in [2.45, 2.75) is 44.7 Å². The Morgan fingerprint density at radius 2 is 2.24 bits per heavy atom. The van der Waals surface area contributed by atoms with Crippen molar-refractivity contribution in [1.29, 1.82) is 0 Å². The molecule has 0 aromatic heterocycles. The maximum atomic E-state index is 12.3. The van der Waals surface area contributed by atoms with Gasteiger partial charge in [0.15, 0.2) is 0 Å². The molecule has 2 atom stereocenters. The van der Waals surface area contributed by atoms with Crippen molar-refractivity contribution in [1.82, 2.24) is 9.80 Å². The first-order chi connectivity index (χ1) is 8.19. The van der Waals surface area contributed by atoms with Crippen LogP contribution in [0, 0.1) is 12.3 Å². The molecule has 2 unspecified atom stereocenters. The molecule has 2 aliphatic heterocycles. The lowest BCUT2D eigenvalue weighted by Crippen LogP contribution is -2.63. The Morgan fingerprint density at radius 1 is 1.47 bits per heavy atom. The van der Waals surface area contributed by atoms with Crippen LogP contribution in [0.3, 0.4) is 0 Å². The van der Waals surface area contributed by atoms with E-state index < -0.39 is 0 Å². The average Bonchev–Trinajstić information content (AvgIpc) is 2.37. The number of piperazine rings is 1. The topological polar surface area (TPSA) is 40.6 Å². The molecule has 0 spiro atoms. The Morgan fingerprint density at radius 3 is 2.88 bits per heavy atom. The molecule has 0 aromatic carbocycles. The van der Waals surface area contributed by atoms with E-state index in [4.69, 9.17) is 6.42 Å². The monoisotopic (exact) mass is 234 g/mol. The second-order valence-corrected chi connectivity index (χ2v) is 4.66. The third-order valence-electron chi connectivity index (χ3n) is 3.65. The predicted octanol–water partition coefficient (Wildman–Crippen LogP) is 0.621. The van der Waals surface area contributed by atoms with Gasteiger partial charge in [-0.15, -0.1) is 6.42 Å². The van der Waals surface area contributed by atoms with Crippen molar-refractivity contribution in [3.8, 4) is 12.3 Å². The van der Waals surface area contributed by atoms with Crippen LogP contribution in [-0.4, -0.2) is 46.8 Å². The van der Waals surface area contributed by atoms with Gasteiger partial charge in [-0.05, 0) is 25.7 Å². The molecule has 2 rings (SSSR count). The van der Waals surface area contributed by atoms with Gasteiger partial charge in [0.05, 0.1) is 6.04 Å². The first kappa shape index (κ1) is 12.0. The average molecular weight is 234 g/mol. The Labute approximate surface area is 102 Å². The first-order valence-electron chi connectivity index (χ1n) is 6.25. The van der Waals surface area contributed by atoms with Crippen LogP contribution in [-0.2, 0) is 9.59 Å². The van der Waals surface area contributed by atoms with Crippen molar-refractivity contribution in [3.05, 3.63) is 0 Å². The quantitative estimate of drug-likeness (QED) is 0.657. The number of terminal acetylenes is 1. The van der Waals surface area contributed by atoms with E-state index in [0.717, 1.165) is 25.8 Å². The highest BCUT2D eigenvalue weighted by Gasteiger charge is 2.41. The van der Waals surface area contributed by atoms with Gasteiger partial charge in [-0.2, -0.15) is 0 Å². The van der Waals surface area contributed by atoms with Crippen molar-refractivity contribution in [2.75, 3.05) is 13.1 Å². The number of fused-ring (bicyclic) bond motifs is 1. The first-order valence-corrected chi connectivity index (χ1v) is 6.25. The number of piperidine rings is 1. The van der Waals surface area contributed by atoms with Gasteiger partial charge in [0, 0.05) is 6.54 Å². The van der Waals surface area contributed by atoms with Crippen LogP contribution in [0.15, 0.2) is 0 Å². The molecule has 0 N–H and O–H groups in total. The van der Waals surface area contributed by atoms with Crippen LogP contribution in [0.5, 0.6) is 0 Å². The summed E-state index contributed by atoms with van der Waals surface area (Å²) in [7, 11) is 0. The Balaban J connectivity index is 2.20. The Bertz CT molecular complexity index is 372. The van der Waals surface area contributed by atoms with Crippen LogP contribution in [0.25, 0.3) is 0 Å². The SMILES string of the molecule is C#CC(CC)N1CC(=O)N2CCCCC2C1=O. The second kappa shape index (κ2) is 4.79. The number of nitrogens with zero attached hydrogens (tertiary/aromatic N) is 2. The molecule has 2 aliphatic rings. The van der Waals surface area contributed by atoms with E-state index in [0.29, 0.717) is 6.42 Å². The normalized spacial score (nSPS) is 26.5. The number of carbonyl (C=O) groups excluding carboxylic acids is 2. The van der Waals surface area contributed by atoms with Crippen LogP contribution in [0.4, 0.5) is 0 Å². The molecule has 4 nitrogen and oxygen atoms in total. The van der Waals surface area contributed by atoms with Crippen molar-refractivity contribution in [3.63, 3.8) is 0 Å². The van der Waals surface area contributed by atoms with Crippen LogP contribution in [0.2, 0.25) is 0 Å². The van der Waals surface area contributed by atoms with E-state index in [1.165, 1.54) is 0 Å². The van der Waals surface area contributed by atoms with E-state index in [1.54, 1.807) is 9.80 Å². The maximum absolute atomic E-state index is 12.3. The van der Waals surface area contributed by atoms with Gasteiger partial charge in [0.25, 0.3) is 0 Å². The molecule has 17 heavy (non-hydrogen) atoms. The van der Waals surface area contributed by atoms with Crippen LogP contribution in [0.1, 0.15) is 32.6 Å². The summed E-state index contributed by atoms with van der Waals surface area (Å²) in [5, 5.41) is 0. The van der Waals surface area contributed by atoms with E-state index in [-0.39, 0.29) is 30.4 Å². The number of hydrogen-bond acceptors (Lipinski definition) is 2. The minimum atomic E-state index is -0.257. The molecule has 2 saturated heterocycles. The van der Waals surface area contributed by atoms with Gasteiger partial charge >= 0.3 is 0 Å². The fraction of sp³-hybridized carbons (Fsp3) is 0.692. The zero-order valence-corrected chi connectivity index (χ0v) is 10.2. The van der Waals surface area contributed by atoms with Crippen molar-refractivity contribution < 1.29 is 9.59 Å². The predicted molar refractivity (Wildman–Crippen MR) is 64.0 cm³/mol. The van der Waals surface area contributed by atoms with Gasteiger partial charge in [-0.1, -0.05) is 12.8 Å². The van der Waals surface area contributed by atoms with E-state index in [1.807, 2.05) is 6.92 Å². The lowest BCUT2D eigenvalue weighted by Gasteiger charge is -2.44. The molecule has 2 fully saturated rings. The number of rotatable bonds is 2. The summed E-state index contributed by atoms with van der Waals surface area (Å²) in [6.07, 6.45) is 8.91. The third-order valence-corrected chi connectivity index (χ3v) is 3.65. The molecule has 0 saturated carbocycles. The summed E-state index contributed by atoms with van der Waals surface area (Å²) in [5.41, 5.74) is 0. The molecule has 0 aromatic rings. The zero-order chi connectivity index (χ0) is 12.4. The summed E-state index contributed by atoms with van der Waals surface area (Å²) in [6.45, 7) is 2.81. The van der Waals surface area contributed by atoms with Gasteiger partial charge < -0.3 is 9.80 Å². The van der Waals surface area contributed by atoms with Crippen molar-refractivity contribution in [2.24, 2.45) is 0 Å². The summed E-state index contributed by atoms with van der Waals surface area (Å²) in [6, 6.07) is -0.497. The van der Waals surface area contributed by atoms with Gasteiger partial charge in [0.2, 0.25) is 11.8 Å². The summed E-state index contributed by atoms with van der Waals surface area (Å²) < 4.78 is 0. The molecular weight excluding hydrogens is 216 g/mol. The van der Waals surface area contributed by atoms with Gasteiger partial charge in [-0.3, -0.25) is 9.59 Å². The molecule has 0 aliphatic carbocycles. The van der Waals surface area contributed by atoms with E-state index in [9.17, 15) is 9.59 Å². The molecular formula is C13H18N2O2. The maximum Gasteiger partial charge on any atom is 0.246 e. The van der Waals surface area contributed by atoms with E-state index >= 15 is 0 Å². The second-order valence-electron chi connectivity index (χ2n) is 4.66. The van der Waals surface area contributed by atoms with Gasteiger partial charge in [-0.25, -0.2) is 0 Å². The van der Waals surface area contributed by atoms with Crippen LogP contribution >= 0.6 is 0 Å². The van der Waals surface area contributed by atoms with E-state index in [2.05, 4.69) is 5.92 Å². The molecule has 0 radical (unpaired) electrons. The minimum Gasteiger partial charge on any atom is -0.329 e. The molecule has 92 valence electrons. The Hall–Kier alpha value is -1.50. The lowest BCUT2D eigenvalue weighted by molar-refractivity contribution is -0.159. The number of amides is 2. The Kier molecular flexibility index (Phi) is 3.37. The molecule has 2 amide bonds. The minimum absolute atomic E-state index is 0.0362. The summed E-state index contributed by atoms with van der Waals surface area (Å²) in [4.78, 5) is 27.6. The molecule has 2 heterocycles. The highest BCUT2D eigenvalue weighted by atomic mass is 16.2. The fourth-order valence-corrected chi connectivity index (χ4v) is 2.68. The number of hydrogen-bond donors (Lipinski definition) is 0. The van der Waals surface area contributed by atoms with Crippen molar-refractivity contribution >= 4 is 11.8 Å². The number of carbonyl (C=O) groups is 2. The largest absolute Gasteiger partial charge is 0.329 e. The molecule has 4 heteroatoms. The van der Waals surface area contributed by atoms with Crippen LogP contribution < -0.4 is 0 Å². The standard InChI is InChI=1S/C13H18N2O2/c1-3-10(4-2)15-9-12(16)14-8-6-5-7-11(14)13(15)17/h1,10-11H,4-9H2,2H3. The fourth-order valence-electron chi connectivity index (χ4n) is 2.68. The summed E-state index contributed by atoms with van der Waals surface area (Å²) >= 11 is 0. The zero-order valence-electron chi connectivity index (χ0n) is 10.2.